The molecule has 0 amide bonds. The number of nitrogens with one attached hydrogen (secondary N) is 1. The number of thiazole rings is 1. The Morgan fingerprint density at radius 3 is 3.23 bits per heavy atom. The Kier molecular flexibility index (Phi) is 3.11. The van der Waals surface area contributed by atoms with Gasteiger partial charge in [0.05, 0.1) is 5.51 Å². The predicted octanol–water partition coefficient (Wildman–Crippen LogP) is 2.30. The van der Waals surface area contributed by atoms with Gasteiger partial charge in [-0.25, -0.2) is 0 Å². The van der Waals surface area contributed by atoms with Gasteiger partial charge in [-0.1, -0.05) is 5.57 Å². The van der Waals surface area contributed by atoms with Crippen molar-refractivity contribution >= 4 is 17.4 Å². The molecule has 1 aromatic rings. The van der Waals surface area contributed by atoms with Crippen LogP contribution in [0.15, 0.2) is 17.3 Å². The second kappa shape index (κ2) is 4.53. The average molecular weight is 194 g/mol. The molecule has 0 saturated carbocycles. The summed E-state index contributed by atoms with van der Waals surface area (Å²) in [5.74, 6) is 0. The quantitative estimate of drug-likeness (QED) is 0.742. The van der Waals surface area contributed by atoms with E-state index in [1.54, 1.807) is 16.9 Å². The Morgan fingerprint density at radius 2 is 2.38 bits per heavy atom. The fraction of sp³-hybridized carbons (Fsp3) is 0.500. The summed E-state index contributed by atoms with van der Waals surface area (Å²) >= 11 is 1.72. The molecule has 1 fully saturated rings. The molecule has 70 valence electrons. The first-order valence-corrected chi connectivity index (χ1v) is 5.62. The third-order valence-corrected chi connectivity index (χ3v) is 2.99. The lowest BCUT2D eigenvalue weighted by Gasteiger charge is -1.99. The lowest BCUT2D eigenvalue weighted by Crippen LogP contribution is -2.13. The van der Waals surface area contributed by atoms with Crippen LogP contribution in [0.5, 0.6) is 0 Å². The summed E-state index contributed by atoms with van der Waals surface area (Å²) in [4.78, 5) is 5.36. The predicted molar refractivity (Wildman–Crippen MR) is 56.8 cm³/mol. The summed E-state index contributed by atoms with van der Waals surface area (Å²) in [7, 11) is 0. The normalized spacial score (nSPS) is 21.7. The molecular weight excluding hydrogens is 180 g/mol. The van der Waals surface area contributed by atoms with Gasteiger partial charge in [0.1, 0.15) is 0 Å². The highest BCUT2D eigenvalue weighted by atomic mass is 32.1. The summed E-state index contributed by atoms with van der Waals surface area (Å²) in [5.41, 5.74) is 3.45. The Labute approximate surface area is 82.7 Å². The fourth-order valence-electron chi connectivity index (χ4n) is 1.58. The van der Waals surface area contributed by atoms with Crippen LogP contribution in [-0.2, 0) is 0 Å². The van der Waals surface area contributed by atoms with Crippen molar-refractivity contribution in [3.05, 3.63) is 22.2 Å². The summed E-state index contributed by atoms with van der Waals surface area (Å²) in [6.45, 7) is 2.30. The number of hydrogen-bond donors (Lipinski definition) is 1. The van der Waals surface area contributed by atoms with Gasteiger partial charge in [0, 0.05) is 11.1 Å². The van der Waals surface area contributed by atoms with E-state index in [9.17, 15) is 0 Å². The van der Waals surface area contributed by atoms with Crippen LogP contribution in [0.4, 0.5) is 0 Å². The van der Waals surface area contributed by atoms with E-state index in [4.69, 9.17) is 0 Å². The van der Waals surface area contributed by atoms with E-state index >= 15 is 0 Å². The van der Waals surface area contributed by atoms with Crippen molar-refractivity contribution in [3.63, 3.8) is 0 Å². The molecular formula is C10H14N2S. The van der Waals surface area contributed by atoms with Crippen LogP contribution in [0.2, 0.25) is 0 Å². The Bertz CT molecular complexity index is 267. The van der Waals surface area contributed by atoms with Crippen molar-refractivity contribution in [2.75, 3.05) is 13.1 Å². The van der Waals surface area contributed by atoms with Gasteiger partial charge in [0.25, 0.3) is 0 Å². The maximum absolute atomic E-state index is 4.07. The molecule has 1 aromatic heterocycles. The third kappa shape index (κ3) is 2.64. The number of hydrogen-bond acceptors (Lipinski definition) is 3. The third-order valence-electron chi connectivity index (χ3n) is 2.27. The topological polar surface area (TPSA) is 24.9 Å². The minimum Gasteiger partial charge on any atom is -0.316 e. The minimum atomic E-state index is 1.13. The SMILES string of the molecule is C(=C1CCCNCC1)c1cncs1. The van der Waals surface area contributed by atoms with Crippen LogP contribution in [0.3, 0.4) is 0 Å². The van der Waals surface area contributed by atoms with Crippen molar-refractivity contribution in [3.8, 4) is 0 Å². The molecule has 0 aliphatic carbocycles. The van der Waals surface area contributed by atoms with Gasteiger partial charge in [-0.3, -0.25) is 4.98 Å². The first-order valence-electron chi connectivity index (χ1n) is 4.74. The molecule has 1 aliphatic heterocycles. The van der Waals surface area contributed by atoms with E-state index in [0.29, 0.717) is 0 Å². The van der Waals surface area contributed by atoms with E-state index < -0.39 is 0 Å². The first kappa shape index (κ1) is 8.91. The van der Waals surface area contributed by atoms with Gasteiger partial charge in [-0.15, -0.1) is 11.3 Å². The molecule has 3 heteroatoms. The van der Waals surface area contributed by atoms with Crippen LogP contribution in [0.25, 0.3) is 6.08 Å². The molecule has 0 bridgehead atoms. The number of aromatic nitrogens is 1. The molecule has 1 N–H and O–H groups in total. The van der Waals surface area contributed by atoms with Gasteiger partial charge < -0.3 is 5.32 Å². The smallest absolute Gasteiger partial charge is 0.0797 e. The zero-order valence-electron chi connectivity index (χ0n) is 7.62. The Hall–Kier alpha value is -0.670. The van der Waals surface area contributed by atoms with Crippen molar-refractivity contribution in [2.24, 2.45) is 0 Å². The maximum Gasteiger partial charge on any atom is 0.0797 e. The highest BCUT2D eigenvalue weighted by molar-refractivity contribution is 7.10. The van der Waals surface area contributed by atoms with E-state index in [0.717, 1.165) is 6.54 Å². The largest absolute Gasteiger partial charge is 0.316 e. The van der Waals surface area contributed by atoms with Gasteiger partial charge in [0.2, 0.25) is 0 Å². The Balaban J connectivity index is 2.05. The lowest BCUT2D eigenvalue weighted by atomic mass is 10.1. The van der Waals surface area contributed by atoms with E-state index in [1.165, 1.54) is 30.7 Å². The molecule has 2 rings (SSSR count). The molecule has 1 aliphatic rings. The number of rotatable bonds is 1. The van der Waals surface area contributed by atoms with Crippen molar-refractivity contribution < 1.29 is 0 Å². The summed E-state index contributed by atoms with van der Waals surface area (Å²) in [6, 6.07) is 0. The number of nitrogens with zero attached hydrogens (tertiary/aromatic N) is 1. The monoisotopic (exact) mass is 194 g/mol. The Morgan fingerprint density at radius 1 is 1.38 bits per heavy atom. The molecule has 13 heavy (non-hydrogen) atoms. The highest BCUT2D eigenvalue weighted by Crippen LogP contribution is 2.18. The van der Waals surface area contributed by atoms with Crippen LogP contribution in [0.1, 0.15) is 24.1 Å². The van der Waals surface area contributed by atoms with E-state index in [-0.39, 0.29) is 0 Å². The zero-order chi connectivity index (χ0) is 8.93. The van der Waals surface area contributed by atoms with Crippen molar-refractivity contribution in [2.45, 2.75) is 19.3 Å². The second-order valence-corrected chi connectivity index (χ2v) is 4.23. The van der Waals surface area contributed by atoms with E-state index in [1.807, 2.05) is 11.7 Å². The standard InChI is InChI=1S/C10H14N2S/c1-2-9(3-5-11-4-1)6-10-7-12-8-13-10/h6-8,11H,1-5H2. The molecule has 2 heterocycles. The molecule has 0 unspecified atom stereocenters. The summed E-state index contributed by atoms with van der Waals surface area (Å²) < 4.78 is 0. The molecule has 0 spiro atoms. The highest BCUT2D eigenvalue weighted by Gasteiger charge is 2.03. The van der Waals surface area contributed by atoms with Crippen LogP contribution in [0, 0.1) is 0 Å². The average Bonchev–Trinajstić information content (AvgIpc) is 2.49. The molecule has 1 saturated heterocycles. The van der Waals surface area contributed by atoms with Gasteiger partial charge in [0.15, 0.2) is 0 Å². The van der Waals surface area contributed by atoms with Crippen LogP contribution < -0.4 is 5.32 Å². The molecule has 0 radical (unpaired) electrons. The molecule has 2 nitrogen and oxygen atoms in total. The minimum absolute atomic E-state index is 1.13. The molecule has 0 aromatic carbocycles. The van der Waals surface area contributed by atoms with Crippen molar-refractivity contribution in [1.29, 1.82) is 0 Å². The first-order chi connectivity index (χ1) is 6.45. The van der Waals surface area contributed by atoms with E-state index in [2.05, 4.69) is 16.4 Å². The lowest BCUT2D eigenvalue weighted by molar-refractivity contribution is 0.703. The summed E-state index contributed by atoms with van der Waals surface area (Å²) in [5, 5.41) is 3.40. The molecule has 0 atom stereocenters. The van der Waals surface area contributed by atoms with Crippen molar-refractivity contribution in [1.82, 2.24) is 10.3 Å². The van der Waals surface area contributed by atoms with Crippen LogP contribution in [-0.4, -0.2) is 18.1 Å². The second-order valence-electron chi connectivity index (χ2n) is 3.31. The summed E-state index contributed by atoms with van der Waals surface area (Å²) in [6.07, 6.45) is 7.94. The van der Waals surface area contributed by atoms with Gasteiger partial charge >= 0.3 is 0 Å². The van der Waals surface area contributed by atoms with Crippen LogP contribution >= 0.6 is 11.3 Å². The zero-order valence-corrected chi connectivity index (χ0v) is 8.44. The van der Waals surface area contributed by atoms with Gasteiger partial charge in [-0.05, 0) is 38.4 Å². The fourth-order valence-corrected chi connectivity index (χ4v) is 2.18. The maximum atomic E-state index is 4.07. The van der Waals surface area contributed by atoms with Gasteiger partial charge in [-0.2, -0.15) is 0 Å².